The molecule has 2 heterocycles. The van der Waals surface area contributed by atoms with Gasteiger partial charge in [0, 0.05) is 26.7 Å². The number of carbonyl (C=O) groups excluding carboxylic acids is 2. The molecule has 1 aromatic heterocycles. The molecular formula is C33H25BrN2O5. The third-order valence-corrected chi connectivity index (χ3v) is 7.56. The Bertz CT molecular complexity index is 1680. The monoisotopic (exact) mass is 608 g/mol. The normalized spacial score (nSPS) is 15.4. The lowest BCUT2D eigenvalue weighted by Crippen LogP contribution is -2.46. The zero-order valence-corrected chi connectivity index (χ0v) is 23.9. The van der Waals surface area contributed by atoms with E-state index in [-0.39, 0.29) is 17.1 Å². The molecule has 0 fully saturated rings. The van der Waals surface area contributed by atoms with Gasteiger partial charge in [0.25, 0.3) is 0 Å². The number of nitrogens with zero attached hydrogens (tertiary/aromatic N) is 2. The van der Waals surface area contributed by atoms with Gasteiger partial charge in [-0.3, -0.25) is 4.79 Å². The van der Waals surface area contributed by atoms with Crippen LogP contribution in [-0.2, 0) is 15.2 Å². The number of aryl methyl sites for hydroxylation is 1. The van der Waals surface area contributed by atoms with E-state index < -0.39 is 23.8 Å². The van der Waals surface area contributed by atoms with Crippen molar-refractivity contribution in [1.29, 1.82) is 0 Å². The van der Waals surface area contributed by atoms with Gasteiger partial charge >= 0.3 is 5.97 Å². The number of hydrogen-bond acceptors (Lipinski definition) is 6. The summed E-state index contributed by atoms with van der Waals surface area (Å²) in [5, 5.41) is 4.70. The summed E-state index contributed by atoms with van der Waals surface area (Å²) in [6.07, 6.45) is -0.956. The molecule has 0 bridgehead atoms. The molecule has 41 heavy (non-hydrogen) atoms. The van der Waals surface area contributed by atoms with Crippen LogP contribution in [0.15, 0.2) is 114 Å². The van der Waals surface area contributed by atoms with Gasteiger partial charge < -0.3 is 14.2 Å². The van der Waals surface area contributed by atoms with Gasteiger partial charge in [-0.15, -0.1) is 0 Å². The Morgan fingerprint density at radius 1 is 0.854 bits per heavy atom. The maximum Gasteiger partial charge on any atom is 0.359 e. The van der Waals surface area contributed by atoms with Gasteiger partial charge in [-0.25, -0.2) is 4.79 Å². The van der Waals surface area contributed by atoms with E-state index in [9.17, 15) is 9.59 Å². The lowest BCUT2D eigenvalue weighted by atomic mass is 9.93. The number of carbonyl (C=O) groups is 2. The Hall–Kier alpha value is -4.53. The van der Waals surface area contributed by atoms with Crippen LogP contribution in [0.3, 0.4) is 0 Å². The van der Waals surface area contributed by atoms with E-state index in [2.05, 4.69) is 15.9 Å². The van der Waals surface area contributed by atoms with Crippen LogP contribution in [0.4, 0.5) is 0 Å². The van der Waals surface area contributed by atoms with Crippen LogP contribution in [-0.4, -0.2) is 28.6 Å². The van der Waals surface area contributed by atoms with Crippen LogP contribution in [0.5, 0.6) is 5.88 Å². The average Bonchev–Trinajstić information content (AvgIpc) is 3.41. The summed E-state index contributed by atoms with van der Waals surface area (Å²) in [5.74, 6) is -1.08. The minimum absolute atomic E-state index is 0.00218. The second-order valence-electron chi connectivity index (χ2n) is 9.62. The Labute approximate surface area is 245 Å². The number of esters is 1. The highest BCUT2D eigenvalue weighted by atomic mass is 79.9. The van der Waals surface area contributed by atoms with Crippen LogP contribution in [0.2, 0.25) is 0 Å². The smallest absolute Gasteiger partial charge is 0.359 e. The number of fused-ring (bicyclic) bond motifs is 1. The molecule has 5 aromatic rings. The fourth-order valence-electron chi connectivity index (χ4n) is 4.98. The largest absolute Gasteiger partial charge is 0.464 e. The molecule has 0 saturated heterocycles. The molecule has 1 atom stereocenters. The van der Waals surface area contributed by atoms with Crippen molar-refractivity contribution in [3.05, 3.63) is 153 Å². The van der Waals surface area contributed by atoms with Crippen LogP contribution in [0.25, 0.3) is 0 Å². The Kier molecular flexibility index (Phi) is 7.03. The molecule has 0 amide bonds. The molecule has 0 radical (unpaired) electrons. The molecule has 6 rings (SSSR count). The van der Waals surface area contributed by atoms with Crippen molar-refractivity contribution in [3.63, 3.8) is 0 Å². The Morgan fingerprint density at radius 2 is 1.44 bits per heavy atom. The summed E-state index contributed by atoms with van der Waals surface area (Å²) in [6.45, 7) is 1.94. The maximum atomic E-state index is 14.1. The number of halogens is 1. The highest BCUT2D eigenvalue weighted by Gasteiger charge is 2.50. The third kappa shape index (κ3) is 4.65. The number of ether oxygens (including phenoxy) is 3. The number of methoxy groups -OCH3 is 1. The number of hydrogen-bond donors (Lipinski definition) is 0. The molecule has 0 saturated carbocycles. The van der Waals surface area contributed by atoms with Crippen LogP contribution >= 0.6 is 15.9 Å². The minimum Gasteiger partial charge on any atom is -0.464 e. The molecule has 0 N–H and O–H groups in total. The molecule has 0 spiro atoms. The van der Waals surface area contributed by atoms with E-state index in [4.69, 9.17) is 19.3 Å². The highest BCUT2D eigenvalue weighted by Crippen LogP contribution is 2.48. The minimum atomic E-state index is -1.40. The summed E-state index contributed by atoms with van der Waals surface area (Å²) in [5.41, 5.74) is 1.99. The Morgan fingerprint density at radius 3 is 2.00 bits per heavy atom. The van der Waals surface area contributed by atoms with Gasteiger partial charge in [-0.05, 0) is 19.1 Å². The predicted octanol–water partition coefficient (Wildman–Crippen LogP) is 6.83. The van der Waals surface area contributed by atoms with Gasteiger partial charge in [0.2, 0.25) is 23.7 Å². The SMILES string of the molecule is COC(=O)c1nn2c(c1C(=O)c1ccc(C)cc1)OC(c1ccc(Br)cc1)OC2(c1ccccc1)c1ccccc1. The van der Waals surface area contributed by atoms with Gasteiger partial charge in [-0.2, -0.15) is 9.78 Å². The first kappa shape index (κ1) is 26.7. The first-order chi connectivity index (χ1) is 19.9. The number of ketones is 1. The number of benzene rings is 4. The van der Waals surface area contributed by atoms with Gasteiger partial charge in [0.05, 0.1) is 7.11 Å². The zero-order valence-electron chi connectivity index (χ0n) is 22.3. The zero-order chi connectivity index (χ0) is 28.6. The first-order valence-electron chi connectivity index (χ1n) is 13.0. The number of rotatable bonds is 6. The van der Waals surface area contributed by atoms with Crippen molar-refractivity contribution >= 4 is 27.7 Å². The molecule has 0 aliphatic carbocycles. The molecular weight excluding hydrogens is 584 g/mol. The average molecular weight is 609 g/mol. The molecule has 8 heteroatoms. The van der Waals surface area contributed by atoms with Crippen molar-refractivity contribution in [1.82, 2.24) is 9.78 Å². The molecule has 204 valence electrons. The predicted molar refractivity (Wildman–Crippen MR) is 156 cm³/mol. The van der Waals surface area contributed by atoms with E-state index in [0.717, 1.165) is 21.2 Å². The fraction of sp³-hybridized carbons (Fsp3) is 0.121. The molecule has 1 unspecified atom stereocenters. The van der Waals surface area contributed by atoms with Crippen molar-refractivity contribution in [2.75, 3.05) is 7.11 Å². The third-order valence-electron chi connectivity index (χ3n) is 7.03. The van der Waals surface area contributed by atoms with Crippen LogP contribution in [0, 0.1) is 6.92 Å². The standard InChI is InChI=1S/C33H25BrN2O5/c1-21-13-15-22(16-14-21)29(37)27-28(31(38)39-2)35-36-30(27)40-32(23-17-19-26(34)20-18-23)41-33(36,24-9-5-3-6-10-24)25-11-7-4-8-12-25/h3-20,32H,1-2H3. The Balaban J connectivity index is 1.68. The lowest BCUT2D eigenvalue weighted by Gasteiger charge is -2.42. The van der Waals surface area contributed by atoms with E-state index >= 15 is 0 Å². The van der Waals surface area contributed by atoms with E-state index in [0.29, 0.717) is 11.1 Å². The van der Waals surface area contributed by atoms with E-state index in [1.165, 1.54) is 11.8 Å². The second-order valence-corrected chi connectivity index (χ2v) is 10.5. The molecule has 1 aliphatic heterocycles. The van der Waals surface area contributed by atoms with Crippen molar-refractivity contribution in [2.24, 2.45) is 0 Å². The molecule has 7 nitrogen and oxygen atoms in total. The summed E-state index contributed by atoms with van der Waals surface area (Å²) in [4.78, 5) is 27.3. The van der Waals surface area contributed by atoms with Gasteiger partial charge in [0.1, 0.15) is 5.56 Å². The second kappa shape index (κ2) is 10.8. The van der Waals surface area contributed by atoms with Gasteiger partial charge in [0.15, 0.2) is 5.69 Å². The molecule has 4 aromatic carbocycles. The summed E-state index contributed by atoms with van der Waals surface area (Å²) < 4.78 is 20.8. The van der Waals surface area contributed by atoms with Crippen molar-refractivity contribution in [3.8, 4) is 5.88 Å². The van der Waals surface area contributed by atoms with E-state index in [1.54, 1.807) is 12.1 Å². The highest BCUT2D eigenvalue weighted by molar-refractivity contribution is 9.10. The quantitative estimate of drug-likeness (QED) is 0.155. The fourth-order valence-corrected chi connectivity index (χ4v) is 5.24. The van der Waals surface area contributed by atoms with Crippen LogP contribution in [0.1, 0.15) is 55.0 Å². The maximum absolute atomic E-state index is 14.1. The van der Waals surface area contributed by atoms with Crippen molar-refractivity contribution in [2.45, 2.75) is 18.9 Å². The van der Waals surface area contributed by atoms with Gasteiger partial charge in [-0.1, -0.05) is 119 Å². The van der Waals surface area contributed by atoms with E-state index in [1.807, 2.05) is 104 Å². The summed E-state index contributed by atoms with van der Waals surface area (Å²) in [7, 11) is 1.25. The number of aromatic nitrogens is 2. The summed E-state index contributed by atoms with van der Waals surface area (Å²) >= 11 is 3.49. The van der Waals surface area contributed by atoms with Crippen LogP contribution < -0.4 is 4.74 Å². The summed E-state index contributed by atoms with van der Waals surface area (Å²) in [6, 6.07) is 33.7. The topological polar surface area (TPSA) is 79.7 Å². The lowest BCUT2D eigenvalue weighted by molar-refractivity contribution is -0.214. The van der Waals surface area contributed by atoms with Crippen molar-refractivity contribution < 1.29 is 23.8 Å². The first-order valence-corrected chi connectivity index (χ1v) is 13.8. The molecule has 1 aliphatic rings.